The van der Waals surface area contributed by atoms with E-state index in [1.165, 1.54) is 11.3 Å². The fourth-order valence-corrected chi connectivity index (χ4v) is 6.64. The fraction of sp³-hybridized carbons (Fsp3) is 0.269. The van der Waals surface area contributed by atoms with E-state index in [2.05, 4.69) is 16.4 Å². The lowest BCUT2D eigenvalue weighted by atomic mass is 10.1. The van der Waals surface area contributed by atoms with Crippen LogP contribution < -0.4 is 5.32 Å². The Kier molecular flexibility index (Phi) is 6.61. The number of hydrogen-bond acceptors (Lipinski definition) is 6. The Labute approximate surface area is 216 Å². The van der Waals surface area contributed by atoms with Crippen molar-refractivity contribution in [3.05, 3.63) is 75.1 Å². The largest absolute Gasteiger partial charge is 0.461 e. The minimum Gasteiger partial charge on any atom is -0.461 e. The number of aryl methyl sites for hydroxylation is 3. The summed E-state index contributed by atoms with van der Waals surface area (Å²) in [6, 6.07) is 13.3. The molecule has 1 N–H and O–H groups in total. The Morgan fingerprint density at radius 2 is 2.03 bits per heavy atom. The Hall–Kier alpha value is -2.81. The van der Waals surface area contributed by atoms with Crippen LogP contribution in [0.2, 0.25) is 5.02 Å². The number of nitrogens with one attached hydrogen (secondary N) is 1. The molecule has 0 aliphatic carbocycles. The predicted molar refractivity (Wildman–Crippen MR) is 143 cm³/mol. The van der Waals surface area contributed by atoms with Gasteiger partial charge in [-0.2, -0.15) is 0 Å². The van der Waals surface area contributed by atoms with Crippen molar-refractivity contribution in [1.82, 2.24) is 15.2 Å². The first-order valence-electron chi connectivity index (χ1n) is 11.3. The lowest BCUT2D eigenvalue weighted by molar-refractivity contribution is 0.0747. The molecule has 2 aromatic carbocycles. The summed E-state index contributed by atoms with van der Waals surface area (Å²) in [4.78, 5) is 34.0. The quantitative estimate of drug-likeness (QED) is 0.342. The highest BCUT2D eigenvalue weighted by molar-refractivity contribution is 8.00. The van der Waals surface area contributed by atoms with Gasteiger partial charge in [-0.05, 0) is 44.5 Å². The molecule has 1 unspecified atom stereocenters. The van der Waals surface area contributed by atoms with Gasteiger partial charge in [0.1, 0.15) is 17.0 Å². The van der Waals surface area contributed by atoms with Gasteiger partial charge in [0, 0.05) is 24.2 Å². The molecular weight excluding hydrogens is 502 g/mol. The molecule has 0 radical (unpaired) electrons. The Morgan fingerprint density at radius 3 is 2.83 bits per heavy atom. The highest BCUT2D eigenvalue weighted by Gasteiger charge is 2.33. The molecule has 1 aliphatic heterocycles. The third-order valence-electron chi connectivity index (χ3n) is 5.91. The first-order valence-corrected chi connectivity index (χ1v) is 13.5. The van der Waals surface area contributed by atoms with Gasteiger partial charge in [0.15, 0.2) is 0 Å². The fourth-order valence-electron chi connectivity index (χ4n) is 4.32. The van der Waals surface area contributed by atoms with E-state index in [0.717, 1.165) is 26.8 Å². The molecule has 3 heterocycles. The number of furan rings is 1. The van der Waals surface area contributed by atoms with Gasteiger partial charge in [-0.25, -0.2) is 4.98 Å². The average Bonchev–Trinajstić information content (AvgIpc) is 3.54. The van der Waals surface area contributed by atoms with Gasteiger partial charge in [0.2, 0.25) is 0 Å². The van der Waals surface area contributed by atoms with Crippen molar-refractivity contribution in [3.8, 4) is 10.4 Å². The summed E-state index contributed by atoms with van der Waals surface area (Å²) in [5.41, 5.74) is 3.60. The van der Waals surface area contributed by atoms with Crippen LogP contribution in [0.4, 0.5) is 0 Å². The van der Waals surface area contributed by atoms with E-state index in [1.54, 1.807) is 23.9 Å². The Morgan fingerprint density at radius 1 is 1.20 bits per heavy atom. The second kappa shape index (κ2) is 9.68. The Balaban J connectivity index is 1.35. The molecule has 1 fully saturated rings. The molecule has 1 atom stereocenters. The number of fused-ring (bicyclic) bond motifs is 1. The van der Waals surface area contributed by atoms with Crippen molar-refractivity contribution in [2.45, 2.75) is 26.1 Å². The number of hydrogen-bond donors (Lipinski definition) is 1. The summed E-state index contributed by atoms with van der Waals surface area (Å²) in [5.74, 6) is 1.11. The van der Waals surface area contributed by atoms with E-state index >= 15 is 0 Å². The van der Waals surface area contributed by atoms with Crippen LogP contribution in [0.5, 0.6) is 0 Å². The van der Waals surface area contributed by atoms with Gasteiger partial charge in [-0.3, -0.25) is 9.59 Å². The smallest absolute Gasteiger partial charge is 0.274 e. The molecule has 4 aromatic rings. The normalized spacial score (nSPS) is 15.7. The first kappa shape index (κ1) is 23.9. The molecule has 180 valence electrons. The van der Waals surface area contributed by atoms with Crippen molar-refractivity contribution < 1.29 is 14.0 Å². The zero-order valence-electron chi connectivity index (χ0n) is 19.6. The van der Waals surface area contributed by atoms with Crippen LogP contribution >= 0.6 is 34.7 Å². The highest BCUT2D eigenvalue weighted by Crippen LogP contribution is 2.34. The molecule has 1 saturated heterocycles. The summed E-state index contributed by atoms with van der Waals surface area (Å²) < 4.78 is 5.64. The summed E-state index contributed by atoms with van der Waals surface area (Å²) in [6.45, 7) is 6.69. The lowest BCUT2D eigenvalue weighted by Crippen LogP contribution is -2.42. The molecule has 6 nitrogen and oxygen atoms in total. The number of thiazole rings is 1. The molecule has 35 heavy (non-hydrogen) atoms. The molecule has 2 amide bonds. The van der Waals surface area contributed by atoms with Crippen molar-refractivity contribution >= 4 is 57.5 Å². The molecule has 5 rings (SSSR count). The van der Waals surface area contributed by atoms with E-state index in [0.29, 0.717) is 46.1 Å². The maximum absolute atomic E-state index is 13.6. The number of nitrogens with zero attached hydrogens (tertiary/aromatic N) is 2. The third-order valence-corrected chi connectivity index (χ3v) is 8.46. The van der Waals surface area contributed by atoms with Crippen LogP contribution in [0.1, 0.15) is 37.2 Å². The molecule has 0 saturated carbocycles. The maximum atomic E-state index is 13.6. The molecule has 9 heteroatoms. The number of carbonyl (C=O) groups excluding carboxylic acids is 2. The van der Waals surface area contributed by atoms with E-state index < -0.39 is 0 Å². The average molecular weight is 526 g/mol. The first-order chi connectivity index (χ1) is 16.8. The monoisotopic (exact) mass is 525 g/mol. The van der Waals surface area contributed by atoms with E-state index in [1.807, 2.05) is 49.9 Å². The van der Waals surface area contributed by atoms with Crippen molar-refractivity contribution in [3.63, 3.8) is 0 Å². The minimum atomic E-state index is -0.286. The third kappa shape index (κ3) is 4.70. The van der Waals surface area contributed by atoms with Crippen LogP contribution in [0.25, 0.3) is 21.4 Å². The minimum absolute atomic E-state index is 0.110. The predicted octanol–water partition coefficient (Wildman–Crippen LogP) is 6.08. The lowest BCUT2D eigenvalue weighted by Gasteiger charge is -2.24. The van der Waals surface area contributed by atoms with E-state index in [9.17, 15) is 9.59 Å². The van der Waals surface area contributed by atoms with Gasteiger partial charge in [-0.15, -0.1) is 23.1 Å². The van der Waals surface area contributed by atoms with Gasteiger partial charge in [0.25, 0.3) is 11.8 Å². The Bertz CT molecular complexity index is 1450. The van der Waals surface area contributed by atoms with Gasteiger partial charge < -0.3 is 14.6 Å². The summed E-state index contributed by atoms with van der Waals surface area (Å²) in [5, 5.41) is 4.68. The van der Waals surface area contributed by atoms with Crippen molar-refractivity contribution in [2.24, 2.45) is 0 Å². The van der Waals surface area contributed by atoms with Gasteiger partial charge in [-0.1, -0.05) is 41.4 Å². The molecule has 0 bridgehead atoms. The van der Waals surface area contributed by atoms with Crippen LogP contribution in [-0.2, 0) is 0 Å². The SMILES string of the molecule is Cc1cccc(-c2sc(C)nc2C(=O)N2CCSC2CNC(=O)c2c(Cl)ccc3oc(C)cc23)c1. The molecule has 0 spiro atoms. The summed E-state index contributed by atoms with van der Waals surface area (Å²) in [6.07, 6.45) is 0. The number of rotatable bonds is 5. The highest BCUT2D eigenvalue weighted by atomic mass is 35.5. The van der Waals surface area contributed by atoms with Crippen LogP contribution in [0, 0.1) is 20.8 Å². The van der Waals surface area contributed by atoms with Crippen LogP contribution in [-0.4, -0.2) is 45.9 Å². The molecular formula is C26H24ClN3O3S2. The molecule has 2 aromatic heterocycles. The summed E-state index contributed by atoms with van der Waals surface area (Å²) >= 11 is 9.55. The number of halogens is 1. The second-order valence-corrected chi connectivity index (χ2v) is 11.4. The zero-order chi connectivity index (χ0) is 24.7. The zero-order valence-corrected chi connectivity index (χ0v) is 21.9. The van der Waals surface area contributed by atoms with Gasteiger partial charge >= 0.3 is 0 Å². The van der Waals surface area contributed by atoms with Gasteiger partial charge in [0.05, 0.1) is 25.8 Å². The van der Waals surface area contributed by atoms with Crippen LogP contribution in [0.15, 0.2) is 46.9 Å². The number of thioether (sulfide) groups is 1. The van der Waals surface area contributed by atoms with E-state index in [-0.39, 0.29) is 17.2 Å². The van der Waals surface area contributed by atoms with E-state index in [4.69, 9.17) is 16.0 Å². The summed E-state index contributed by atoms with van der Waals surface area (Å²) in [7, 11) is 0. The second-order valence-electron chi connectivity index (χ2n) is 8.51. The number of amides is 2. The van der Waals surface area contributed by atoms with Crippen LogP contribution in [0.3, 0.4) is 0 Å². The number of aromatic nitrogens is 1. The van der Waals surface area contributed by atoms with Crippen molar-refractivity contribution in [2.75, 3.05) is 18.8 Å². The maximum Gasteiger partial charge on any atom is 0.274 e. The molecule has 1 aliphatic rings. The van der Waals surface area contributed by atoms with Crippen molar-refractivity contribution in [1.29, 1.82) is 0 Å². The standard InChI is InChI=1S/C26H24ClN3O3S2/c1-14-5-4-6-17(11-14)24-23(29-16(3)35-24)26(32)30-9-10-34-21(30)13-28-25(31)22-18-12-15(2)33-20(18)8-7-19(22)27/h4-8,11-12,21H,9-10,13H2,1-3H3,(H,28,31). The number of benzene rings is 2. The number of carbonyl (C=O) groups is 2. The topological polar surface area (TPSA) is 75.4 Å².